The summed E-state index contributed by atoms with van der Waals surface area (Å²) in [6.45, 7) is 3.21. The Morgan fingerprint density at radius 2 is 1.80 bits per heavy atom. The SMILES string of the molecule is CCN(C)C([SiH3])(NC)NC. The third-order valence-corrected chi connectivity index (χ3v) is 3.97. The van der Waals surface area contributed by atoms with Gasteiger partial charge in [-0.1, -0.05) is 6.92 Å². The van der Waals surface area contributed by atoms with Gasteiger partial charge in [0.15, 0.2) is 0 Å². The van der Waals surface area contributed by atoms with Crippen molar-refractivity contribution in [3.63, 3.8) is 0 Å². The fraction of sp³-hybridized carbons (Fsp3) is 1.00. The molecule has 0 bridgehead atoms. The molecule has 0 saturated heterocycles. The summed E-state index contributed by atoms with van der Waals surface area (Å²) in [5.41, 5.74) is 0.0642. The van der Waals surface area contributed by atoms with Crippen molar-refractivity contribution < 1.29 is 0 Å². The molecule has 0 heterocycles. The highest BCUT2D eigenvalue weighted by molar-refractivity contribution is 6.14. The first kappa shape index (κ1) is 10.1. The minimum atomic E-state index is 0.0642. The maximum absolute atomic E-state index is 3.26. The Hall–Kier alpha value is 0.0969. The van der Waals surface area contributed by atoms with Crippen LogP contribution in [0.2, 0.25) is 0 Å². The van der Waals surface area contributed by atoms with Gasteiger partial charge in [0.1, 0.15) is 0 Å². The zero-order valence-electron chi connectivity index (χ0n) is 7.65. The van der Waals surface area contributed by atoms with Gasteiger partial charge in [-0.25, -0.2) is 0 Å². The molecule has 62 valence electrons. The van der Waals surface area contributed by atoms with Gasteiger partial charge >= 0.3 is 0 Å². The van der Waals surface area contributed by atoms with Crippen LogP contribution in [0.1, 0.15) is 6.92 Å². The van der Waals surface area contributed by atoms with E-state index in [1.54, 1.807) is 0 Å². The van der Waals surface area contributed by atoms with Gasteiger partial charge < -0.3 is 0 Å². The molecule has 4 heteroatoms. The summed E-state index contributed by atoms with van der Waals surface area (Å²) < 4.78 is 0. The molecule has 0 atom stereocenters. The molecular formula is C6H19N3Si. The first-order chi connectivity index (χ1) is 4.60. The summed E-state index contributed by atoms with van der Waals surface area (Å²) in [7, 11) is 7.14. The van der Waals surface area contributed by atoms with Crippen molar-refractivity contribution in [2.45, 2.75) is 12.3 Å². The van der Waals surface area contributed by atoms with E-state index < -0.39 is 0 Å². The molecule has 0 spiro atoms. The van der Waals surface area contributed by atoms with Crippen LogP contribution in [-0.4, -0.2) is 48.2 Å². The van der Waals surface area contributed by atoms with Crippen molar-refractivity contribution in [2.24, 2.45) is 0 Å². The van der Waals surface area contributed by atoms with E-state index in [0.717, 1.165) is 16.8 Å². The average molecular weight is 161 g/mol. The fourth-order valence-corrected chi connectivity index (χ4v) is 1.14. The molecule has 0 rings (SSSR count). The highest BCUT2D eigenvalue weighted by Gasteiger charge is 2.22. The zero-order chi connectivity index (χ0) is 8.20. The molecule has 0 amide bonds. The molecule has 0 saturated carbocycles. The molecule has 0 aliphatic rings. The second kappa shape index (κ2) is 4.08. The maximum Gasteiger partial charge on any atom is 0.0988 e. The number of nitrogens with zero attached hydrogens (tertiary/aromatic N) is 1. The second-order valence-corrected chi connectivity index (χ2v) is 4.03. The Bertz CT molecular complexity index is 93.0. The van der Waals surface area contributed by atoms with E-state index in [-0.39, 0.29) is 5.41 Å². The van der Waals surface area contributed by atoms with E-state index in [1.807, 2.05) is 14.1 Å². The van der Waals surface area contributed by atoms with Crippen LogP contribution in [0.5, 0.6) is 0 Å². The van der Waals surface area contributed by atoms with Crippen molar-refractivity contribution in [3.8, 4) is 0 Å². The Morgan fingerprint density at radius 3 is 1.90 bits per heavy atom. The highest BCUT2D eigenvalue weighted by atomic mass is 28.1. The number of nitrogens with one attached hydrogen (secondary N) is 2. The Labute approximate surface area is 66.6 Å². The van der Waals surface area contributed by atoms with Gasteiger partial charge in [-0.2, -0.15) is 0 Å². The standard InChI is InChI=1S/C6H19N3Si/c1-5-9(4)6(10,7-2)8-3/h7-8H,5H2,1-4,10H3. The number of rotatable bonds is 4. The molecule has 0 aromatic rings. The molecule has 3 nitrogen and oxygen atoms in total. The van der Waals surface area contributed by atoms with Crippen LogP contribution >= 0.6 is 0 Å². The monoisotopic (exact) mass is 161 g/mol. The van der Waals surface area contributed by atoms with Crippen molar-refractivity contribution >= 4 is 10.2 Å². The van der Waals surface area contributed by atoms with Crippen LogP contribution in [-0.2, 0) is 0 Å². The lowest BCUT2D eigenvalue weighted by Gasteiger charge is -2.38. The van der Waals surface area contributed by atoms with Crippen LogP contribution < -0.4 is 10.6 Å². The third-order valence-electron chi connectivity index (χ3n) is 2.21. The van der Waals surface area contributed by atoms with Crippen molar-refractivity contribution in [1.82, 2.24) is 15.5 Å². The minimum Gasteiger partial charge on any atom is -0.294 e. The summed E-state index contributed by atoms with van der Waals surface area (Å²) in [6, 6.07) is 0. The van der Waals surface area contributed by atoms with E-state index in [2.05, 4.69) is 29.5 Å². The summed E-state index contributed by atoms with van der Waals surface area (Å²) in [5, 5.41) is 6.51. The Morgan fingerprint density at radius 1 is 1.40 bits per heavy atom. The molecule has 0 aliphatic carbocycles. The Balaban J connectivity index is 4.02. The van der Waals surface area contributed by atoms with Crippen LogP contribution in [0.15, 0.2) is 0 Å². The average Bonchev–Trinajstić information content (AvgIpc) is 2.01. The molecule has 0 aromatic carbocycles. The molecule has 0 unspecified atom stereocenters. The molecule has 2 N–H and O–H groups in total. The topological polar surface area (TPSA) is 27.3 Å². The number of hydrogen-bond donors (Lipinski definition) is 2. The van der Waals surface area contributed by atoms with E-state index in [1.165, 1.54) is 0 Å². The Kier molecular flexibility index (Phi) is 4.11. The largest absolute Gasteiger partial charge is 0.294 e. The lowest BCUT2D eigenvalue weighted by Crippen LogP contribution is -2.65. The zero-order valence-corrected chi connectivity index (χ0v) is 9.65. The lowest BCUT2D eigenvalue weighted by atomic mass is 10.6. The first-order valence-electron chi connectivity index (χ1n) is 3.69. The van der Waals surface area contributed by atoms with Crippen molar-refractivity contribution in [2.75, 3.05) is 27.7 Å². The normalized spacial score (nSPS) is 12.9. The summed E-state index contributed by atoms with van der Waals surface area (Å²) in [6.07, 6.45) is 0. The van der Waals surface area contributed by atoms with E-state index in [4.69, 9.17) is 0 Å². The predicted octanol–water partition coefficient (Wildman–Crippen LogP) is -1.65. The number of hydrogen-bond acceptors (Lipinski definition) is 3. The van der Waals surface area contributed by atoms with Crippen molar-refractivity contribution in [1.29, 1.82) is 0 Å². The van der Waals surface area contributed by atoms with Gasteiger partial charge in [-0.3, -0.25) is 15.5 Å². The highest BCUT2D eigenvalue weighted by Crippen LogP contribution is 1.97. The fourth-order valence-electron chi connectivity index (χ4n) is 0.823. The van der Waals surface area contributed by atoms with E-state index in [9.17, 15) is 0 Å². The summed E-state index contributed by atoms with van der Waals surface area (Å²) >= 11 is 0. The van der Waals surface area contributed by atoms with Gasteiger partial charge in [0.05, 0.1) is 15.7 Å². The molecular weight excluding hydrogens is 142 g/mol. The third kappa shape index (κ3) is 2.05. The predicted molar refractivity (Wildman–Crippen MR) is 49.1 cm³/mol. The van der Waals surface area contributed by atoms with Crippen LogP contribution in [0.3, 0.4) is 0 Å². The summed E-state index contributed by atoms with van der Waals surface area (Å²) in [4.78, 5) is 2.26. The van der Waals surface area contributed by atoms with Gasteiger partial charge in [0.25, 0.3) is 0 Å². The molecule has 0 radical (unpaired) electrons. The first-order valence-corrected chi connectivity index (χ1v) is 4.69. The smallest absolute Gasteiger partial charge is 0.0988 e. The van der Waals surface area contributed by atoms with Crippen LogP contribution in [0.4, 0.5) is 0 Å². The van der Waals surface area contributed by atoms with E-state index >= 15 is 0 Å². The molecule has 10 heavy (non-hydrogen) atoms. The quantitative estimate of drug-likeness (QED) is 0.382. The molecule has 0 aliphatic heterocycles. The van der Waals surface area contributed by atoms with Crippen LogP contribution in [0.25, 0.3) is 0 Å². The van der Waals surface area contributed by atoms with Gasteiger partial charge in [-0.05, 0) is 27.7 Å². The van der Waals surface area contributed by atoms with Crippen molar-refractivity contribution in [3.05, 3.63) is 0 Å². The summed E-state index contributed by atoms with van der Waals surface area (Å²) in [5.74, 6) is 0. The lowest BCUT2D eigenvalue weighted by molar-refractivity contribution is 0.151. The van der Waals surface area contributed by atoms with Crippen LogP contribution in [0, 0.1) is 0 Å². The van der Waals surface area contributed by atoms with Gasteiger partial charge in [-0.15, -0.1) is 0 Å². The van der Waals surface area contributed by atoms with Gasteiger partial charge in [0.2, 0.25) is 0 Å². The van der Waals surface area contributed by atoms with E-state index in [0.29, 0.717) is 0 Å². The maximum atomic E-state index is 3.26. The second-order valence-electron chi connectivity index (χ2n) is 2.59. The minimum absolute atomic E-state index is 0.0642. The molecule has 0 aromatic heterocycles. The van der Waals surface area contributed by atoms with Gasteiger partial charge in [0, 0.05) is 0 Å². The molecule has 0 fully saturated rings.